The highest BCUT2D eigenvalue weighted by Gasteiger charge is 2.30. The van der Waals surface area contributed by atoms with Gasteiger partial charge in [-0.25, -0.2) is 9.97 Å². The van der Waals surface area contributed by atoms with Crippen molar-refractivity contribution in [3.8, 4) is 5.82 Å². The number of pyridine rings is 1. The van der Waals surface area contributed by atoms with Crippen LogP contribution in [-0.2, 0) is 6.54 Å². The molecule has 0 aliphatic carbocycles. The van der Waals surface area contributed by atoms with Crippen LogP contribution in [0.4, 0.5) is 0 Å². The van der Waals surface area contributed by atoms with Gasteiger partial charge in [-0.1, -0.05) is 49.7 Å². The lowest BCUT2D eigenvalue weighted by molar-refractivity contribution is 0.215. The van der Waals surface area contributed by atoms with Gasteiger partial charge < -0.3 is 10.2 Å². The molecular weight excluding hydrogens is 372 g/mol. The molecule has 4 rings (SSSR count). The molecule has 0 amide bonds. The third-order valence-electron chi connectivity index (χ3n) is 6.03. The Morgan fingerprint density at radius 3 is 2.73 bits per heavy atom. The van der Waals surface area contributed by atoms with Gasteiger partial charge >= 0.3 is 0 Å². The third-order valence-corrected chi connectivity index (χ3v) is 6.03. The van der Waals surface area contributed by atoms with Crippen molar-refractivity contribution < 1.29 is 0 Å². The van der Waals surface area contributed by atoms with E-state index in [9.17, 15) is 0 Å². The van der Waals surface area contributed by atoms with E-state index < -0.39 is 0 Å². The van der Waals surface area contributed by atoms with Gasteiger partial charge in [0.15, 0.2) is 5.96 Å². The Balaban J connectivity index is 1.36. The van der Waals surface area contributed by atoms with Gasteiger partial charge in [0.1, 0.15) is 12.1 Å². The van der Waals surface area contributed by atoms with Crippen molar-refractivity contribution >= 4 is 5.96 Å². The summed E-state index contributed by atoms with van der Waals surface area (Å²) in [5, 5.41) is 3.53. The standard InChI is InChI=1S/C24H30N6/c1-3-20-17-29(13-11-22(20)21-7-5-4-6-8-21)24(25-2)28-16-19-9-10-23(27-15-19)30-14-12-26-18-30/h4-10,12,14-15,18,20,22H,3,11,13,16-17H2,1-2H3,(H,25,28). The van der Waals surface area contributed by atoms with Crippen LogP contribution < -0.4 is 5.32 Å². The number of piperidine rings is 1. The number of rotatable bonds is 5. The molecule has 3 aromatic rings. The minimum Gasteiger partial charge on any atom is -0.352 e. The van der Waals surface area contributed by atoms with E-state index in [-0.39, 0.29) is 0 Å². The lowest BCUT2D eigenvalue weighted by Crippen LogP contribution is -2.48. The monoisotopic (exact) mass is 402 g/mol. The molecule has 1 fully saturated rings. The summed E-state index contributed by atoms with van der Waals surface area (Å²) in [6, 6.07) is 15.1. The molecule has 0 saturated carbocycles. The maximum Gasteiger partial charge on any atom is 0.193 e. The molecule has 1 aliphatic rings. The molecule has 6 nitrogen and oxygen atoms in total. The number of nitrogens with zero attached hydrogens (tertiary/aromatic N) is 5. The van der Waals surface area contributed by atoms with E-state index in [1.165, 1.54) is 12.0 Å². The zero-order valence-corrected chi connectivity index (χ0v) is 17.8. The molecular formula is C24H30N6. The van der Waals surface area contributed by atoms with Crippen LogP contribution in [0.5, 0.6) is 0 Å². The molecule has 1 aliphatic heterocycles. The first-order valence-corrected chi connectivity index (χ1v) is 10.7. The van der Waals surface area contributed by atoms with Crippen LogP contribution in [0.3, 0.4) is 0 Å². The average Bonchev–Trinajstić information content (AvgIpc) is 3.35. The number of nitrogens with one attached hydrogen (secondary N) is 1. The normalized spacial score (nSPS) is 19.7. The van der Waals surface area contributed by atoms with Crippen molar-refractivity contribution in [2.45, 2.75) is 32.2 Å². The van der Waals surface area contributed by atoms with Crippen LogP contribution in [0.25, 0.3) is 5.82 Å². The Kier molecular flexibility index (Phi) is 6.42. The largest absolute Gasteiger partial charge is 0.352 e. The Morgan fingerprint density at radius 1 is 1.20 bits per heavy atom. The fraction of sp³-hybridized carbons (Fsp3) is 0.375. The average molecular weight is 403 g/mol. The predicted molar refractivity (Wildman–Crippen MR) is 121 cm³/mol. The minimum absolute atomic E-state index is 0.630. The summed E-state index contributed by atoms with van der Waals surface area (Å²) in [6.45, 7) is 5.06. The lowest BCUT2D eigenvalue weighted by atomic mass is 9.79. The van der Waals surface area contributed by atoms with Crippen LogP contribution >= 0.6 is 0 Å². The summed E-state index contributed by atoms with van der Waals surface area (Å²) >= 11 is 0. The number of guanidine groups is 1. The van der Waals surface area contributed by atoms with Crippen LogP contribution in [-0.4, -0.2) is 45.5 Å². The number of imidazole rings is 1. The molecule has 30 heavy (non-hydrogen) atoms. The molecule has 0 bridgehead atoms. The van der Waals surface area contributed by atoms with E-state index in [1.807, 2.05) is 30.1 Å². The Labute approximate surface area is 178 Å². The summed E-state index contributed by atoms with van der Waals surface area (Å²) in [7, 11) is 1.87. The van der Waals surface area contributed by atoms with E-state index in [0.29, 0.717) is 18.4 Å². The quantitative estimate of drug-likeness (QED) is 0.520. The van der Waals surface area contributed by atoms with Gasteiger partial charge in [0.05, 0.1) is 0 Å². The molecule has 1 aromatic carbocycles. The number of hydrogen-bond acceptors (Lipinski definition) is 3. The fourth-order valence-corrected chi connectivity index (χ4v) is 4.36. The number of aliphatic imine (C=N–C) groups is 1. The maximum atomic E-state index is 4.55. The van der Waals surface area contributed by atoms with Gasteiger partial charge in [-0.2, -0.15) is 0 Å². The smallest absolute Gasteiger partial charge is 0.193 e. The van der Waals surface area contributed by atoms with Gasteiger partial charge in [0.2, 0.25) is 0 Å². The minimum atomic E-state index is 0.630. The van der Waals surface area contributed by atoms with E-state index in [0.717, 1.165) is 36.9 Å². The van der Waals surface area contributed by atoms with E-state index >= 15 is 0 Å². The van der Waals surface area contributed by atoms with Crippen molar-refractivity contribution in [3.63, 3.8) is 0 Å². The summed E-state index contributed by atoms with van der Waals surface area (Å²) in [4.78, 5) is 15.6. The molecule has 2 aromatic heterocycles. The van der Waals surface area contributed by atoms with Crippen molar-refractivity contribution in [2.24, 2.45) is 10.9 Å². The molecule has 1 N–H and O–H groups in total. The number of benzene rings is 1. The van der Waals surface area contributed by atoms with Gasteiger partial charge in [-0.05, 0) is 35.4 Å². The van der Waals surface area contributed by atoms with Crippen molar-refractivity contribution in [2.75, 3.05) is 20.1 Å². The summed E-state index contributed by atoms with van der Waals surface area (Å²) in [5.74, 6) is 3.11. The molecule has 2 atom stereocenters. The summed E-state index contributed by atoms with van der Waals surface area (Å²) < 4.78 is 1.90. The van der Waals surface area contributed by atoms with Crippen molar-refractivity contribution in [3.05, 3.63) is 78.5 Å². The first-order valence-electron chi connectivity index (χ1n) is 10.7. The molecule has 156 valence electrons. The second-order valence-electron chi connectivity index (χ2n) is 7.82. The second-order valence-corrected chi connectivity index (χ2v) is 7.82. The number of hydrogen-bond donors (Lipinski definition) is 1. The lowest BCUT2D eigenvalue weighted by Gasteiger charge is -2.40. The highest BCUT2D eigenvalue weighted by Crippen LogP contribution is 2.34. The zero-order chi connectivity index (χ0) is 20.8. The molecule has 0 spiro atoms. The van der Waals surface area contributed by atoms with Gasteiger partial charge in [0.25, 0.3) is 0 Å². The van der Waals surface area contributed by atoms with E-state index in [2.05, 4.69) is 68.5 Å². The molecule has 0 radical (unpaired) electrons. The van der Waals surface area contributed by atoms with Gasteiger partial charge in [-0.15, -0.1) is 0 Å². The first-order chi connectivity index (χ1) is 14.8. The Bertz CT molecular complexity index is 934. The van der Waals surface area contributed by atoms with Crippen molar-refractivity contribution in [1.82, 2.24) is 24.8 Å². The van der Waals surface area contributed by atoms with E-state index in [4.69, 9.17) is 0 Å². The van der Waals surface area contributed by atoms with E-state index in [1.54, 1.807) is 12.5 Å². The number of likely N-dealkylation sites (tertiary alicyclic amines) is 1. The SMILES string of the molecule is CCC1CN(C(=NC)NCc2ccc(-n3ccnc3)nc2)CCC1c1ccccc1. The molecule has 3 heterocycles. The highest BCUT2D eigenvalue weighted by molar-refractivity contribution is 5.80. The van der Waals surface area contributed by atoms with Gasteiger partial charge in [-0.3, -0.25) is 9.56 Å². The molecule has 2 unspecified atom stereocenters. The van der Waals surface area contributed by atoms with Gasteiger partial charge in [0, 0.05) is 45.3 Å². The van der Waals surface area contributed by atoms with Crippen LogP contribution in [0.1, 0.15) is 36.8 Å². The Morgan fingerprint density at radius 2 is 2.07 bits per heavy atom. The third kappa shape index (κ3) is 4.53. The molecule has 6 heteroatoms. The fourth-order valence-electron chi connectivity index (χ4n) is 4.36. The summed E-state index contributed by atoms with van der Waals surface area (Å²) in [6.07, 6.45) is 9.64. The topological polar surface area (TPSA) is 58.3 Å². The molecule has 1 saturated heterocycles. The van der Waals surface area contributed by atoms with Crippen LogP contribution in [0, 0.1) is 5.92 Å². The zero-order valence-electron chi connectivity index (χ0n) is 17.8. The number of aromatic nitrogens is 3. The first kappa shape index (κ1) is 20.1. The van der Waals surface area contributed by atoms with Crippen LogP contribution in [0.2, 0.25) is 0 Å². The predicted octanol–water partition coefficient (Wildman–Crippen LogP) is 3.86. The van der Waals surface area contributed by atoms with Crippen molar-refractivity contribution in [1.29, 1.82) is 0 Å². The maximum absolute atomic E-state index is 4.55. The summed E-state index contributed by atoms with van der Waals surface area (Å²) in [5.41, 5.74) is 2.60. The highest BCUT2D eigenvalue weighted by atomic mass is 15.3. The van der Waals surface area contributed by atoms with Crippen LogP contribution in [0.15, 0.2) is 72.4 Å². The second kappa shape index (κ2) is 9.57. The Hall–Kier alpha value is -3.15.